The number of hydrogen-bond donors (Lipinski definition) is 1. The fourth-order valence-electron chi connectivity index (χ4n) is 2.42. The first-order valence-corrected chi connectivity index (χ1v) is 7.03. The Kier molecular flexibility index (Phi) is 3.63. The van der Waals surface area contributed by atoms with Crippen molar-refractivity contribution in [2.45, 2.75) is 20.3 Å². The number of fused-ring (bicyclic) bond motifs is 1. The highest BCUT2D eigenvalue weighted by Gasteiger charge is 2.11. The lowest BCUT2D eigenvalue weighted by Gasteiger charge is -2.07. The molecule has 22 heavy (non-hydrogen) atoms. The summed E-state index contributed by atoms with van der Waals surface area (Å²) in [6, 6.07) is 9.72. The van der Waals surface area contributed by atoms with Crippen LogP contribution < -0.4 is 5.32 Å². The highest BCUT2D eigenvalue weighted by atomic mass is 19.1. The molecular formula is C17H16FN3O. The number of aryl methyl sites for hydroxylation is 2. The van der Waals surface area contributed by atoms with Crippen LogP contribution in [0.25, 0.3) is 5.65 Å². The number of imidazole rings is 1. The minimum Gasteiger partial charge on any atom is -0.323 e. The van der Waals surface area contributed by atoms with E-state index in [4.69, 9.17) is 0 Å². The number of aromatic nitrogens is 2. The van der Waals surface area contributed by atoms with E-state index < -0.39 is 0 Å². The van der Waals surface area contributed by atoms with Gasteiger partial charge in [0.2, 0.25) is 5.91 Å². The normalized spacial score (nSPS) is 10.9. The molecule has 2 aromatic heterocycles. The molecular weight excluding hydrogens is 281 g/mol. The number of benzene rings is 1. The molecule has 3 rings (SSSR count). The summed E-state index contributed by atoms with van der Waals surface area (Å²) in [5, 5.41) is 2.85. The Balaban J connectivity index is 1.84. The zero-order valence-electron chi connectivity index (χ0n) is 12.4. The van der Waals surface area contributed by atoms with Crippen molar-refractivity contribution >= 4 is 17.2 Å². The molecule has 0 saturated carbocycles. The highest BCUT2D eigenvalue weighted by Crippen LogP contribution is 2.19. The smallest absolute Gasteiger partial charge is 0.228 e. The number of carbonyl (C=O) groups excluding carboxylic acids is 1. The van der Waals surface area contributed by atoms with Crippen molar-refractivity contribution in [1.29, 1.82) is 0 Å². The Labute approximate surface area is 127 Å². The van der Waals surface area contributed by atoms with E-state index in [0.717, 1.165) is 11.4 Å². The van der Waals surface area contributed by atoms with Crippen molar-refractivity contribution in [2.24, 2.45) is 0 Å². The van der Waals surface area contributed by atoms with Crippen LogP contribution in [0.3, 0.4) is 0 Å². The van der Waals surface area contributed by atoms with Crippen LogP contribution in [-0.2, 0) is 11.2 Å². The molecule has 2 heterocycles. The summed E-state index contributed by atoms with van der Waals surface area (Å²) in [4.78, 5) is 16.6. The average Bonchev–Trinajstić information content (AvgIpc) is 2.76. The molecule has 112 valence electrons. The second-order valence-electron chi connectivity index (χ2n) is 5.25. The molecule has 4 nitrogen and oxygen atoms in total. The average molecular weight is 297 g/mol. The van der Waals surface area contributed by atoms with Gasteiger partial charge in [0.25, 0.3) is 0 Å². The molecule has 3 aromatic rings. The van der Waals surface area contributed by atoms with Gasteiger partial charge in [-0.05, 0) is 43.7 Å². The molecule has 0 aliphatic heterocycles. The Morgan fingerprint density at radius 2 is 2.09 bits per heavy atom. The van der Waals surface area contributed by atoms with Crippen LogP contribution in [0, 0.1) is 19.7 Å². The Morgan fingerprint density at radius 1 is 1.27 bits per heavy atom. The molecule has 0 spiro atoms. The molecule has 0 aliphatic rings. The van der Waals surface area contributed by atoms with E-state index in [2.05, 4.69) is 10.3 Å². The van der Waals surface area contributed by atoms with Gasteiger partial charge in [-0.15, -0.1) is 0 Å². The number of rotatable bonds is 3. The fraction of sp³-hybridized carbons (Fsp3) is 0.176. The molecule has 0 fully saturated rings. The second kappa shape index (κ2) is 5.60. The maximum absolute atomic E-state index is 13.2. The van der Waals surface area contributed by atoms with Gasteiger partial charge in [-0.2, -0.15) is 0 Å². The zero-order chi connectivity index (χ0) is 15.7. The van der Waals surface area contributed by atoms with E-state index >= 15 is 0 Å². The van der Waals surface area contributed by atoms with Crippen LogP contribution in [0.5, 0.6) is 0 Å². The Morgan fingerprint density at radius 3 is 2.86 bits per heavy atom. The van der Waals surface area contributed by atoms with E-state index in [1.54, 1.807) is 12.1 Å². The molecule has 1 N–H and O–H groups in total. The number of nitrogens with one attached hydrogen (secondary N) is 1. The maximum Gasteiger partial charge on any atom is 0.228 e. The van der Waals surface area contributed by atoms with E-state index in [1.807, 2.05) is 36.6 Å². The van der Waals surface area contributed by atoms with Gasteiger partial charge in [0.1, 0.15) is 5.82 Å². The summed E-state index contributed by atoms with van der Waals surface area (Å²) in [7, 11) is 0. The van der Waals surface area contributed by atoms with Crippen LogP contribution in [0.4, 0.5) is 10.1 Å². The van der Waals surface area contributed by atoms with Crippen molar-refractivity contribution in [3.05, 3.63) is 65.4 Å². The first kappa shape index (κ1) is 14.3. The number of nitrogens with zero attached hydrogens (tertiary/aromatic N) is 2. The number of halogens is 1. The van der Waals surface area contributed by atoms with E-state index in [1.165, 1.54) is 12.1 Å². The zero-order valence-corrected chi connectivity index (χ0v) is 12.4. The minimum absolute atomic E-state index is 0.123. The first-order valence-electron chi connectivity index (χ1n) is 7.03. The molecule has 5 heteroatoms. The summed E-state index contributed by atoms with van der Waals surface area (Å²) in [6.45, 7) is 3.91. The van der Waals surface area contributed by atoms with Crippen molar-refractivity contribution in [1.82, 2.24) is 9.38 Å². The number of hydrogen-bond acceptors (Lipinski definition) is 2. The van der Waals surface area contributed by atoms with E-state index in [0.29, 0.717) is 16.9 Å². The van der Waals surface area contributed by atoms with Crippen LogP contribution in [0.1, 0.15) is 17.0 Å². The number of pyridine rings is 1. The molecule has 0 unspecified atom stereocenters. The van der Waals surface area contributed by atoms with Gasteiger partial charge in [-0.25, -0.2) is 9.37 Å². The van der Waals surface area contributed by atoms with Gasteiger partial charge in [0.15, 0.2) is 5.65 Å². The lowest BCUT2D eigenvalue weighted by molar-refractivity contribution is -0.115. The third-order valence-corrected chi connectivity index (χ3v) is 3.65. The van der Waals surface area contributed by atoms with Gasteiger partial charge < -0.3 is 9.72 Å². The van der Waals surface area contributed by atoms with Gasteiger partial charge in [-0.3, -0.25) is 4.79 Å². The Hall–Kier alpha value is -2.69. The van der Waals surface area contributed by atoms with Gasteiger partial charge in [0.05, 0.1) is 17.8 Å². The third-order valence-electron chi connectivity index (χ3n) is 3.65. The van der Waals surface area contributed by atoms with E-state index in [-0.39, 0.29) is 18.1 Å². The fourth-order valence-corrected chi connectivity index (χ4v) is 2.42. The predicted molar refractivity (Wildman–Crippen MR) is 83.4 cm³/mol. The van der Waals surface area contributed by atoms with Gasteiger partial charge in [0, 0.05) is 11.9 Å². The topological polar surface area (TPSA) is 46.4 Å². The van der Waals surface area contributed by atoms with Crippen molar-refractivity contribution in [3.63, 3.8) is 0 Å². The van der Waals surface area contributed by atoms with Crippen LogP contribution in [0.15, 0.2) is 42.6 Å². The molecule has 1 aromatic carbocycles. The molecule has 0 saturated heterocycles. The quantitative estimate of drug-likeness (QED) is 0.806. The molecule has 0 atom stereocenters. The lowest BCUT2D eigenvalue weighted by Crippen LogP contribution is -2.15. The summed E-state index contributed by atoms with van der Waals surface area (Å²) in [6.07, 6.45) is 2.03. The standard InChI is InChI=1S/C17H16FN3O/c1-11-12(2)21-8-4-7-15(17(21)19-11)20-16(22)10-13-5-3-6-14(18)9-13/h3-9H,10H2,1-2H3,(H,20,22). The minimum atomic E-state index is -0.341. The number of carbonyl (C=O) groups is 1. The van der Waals surface area contributed by atoms with Gasteiger partial charge in [-0.1, -0.05) is 12.1 Å². The molecule has 0 bridgehead atoms. The summed E-state index contributed by atoms with van der Waals surface area (Å²) >= 11 is 0. The summed E-state index contributed by atoms with van der Waals surface area (Å²) in [5.74, 6) is -0.538. The molecule has 0 aliphatic carbocycles. The largest absolute Gasteiger partial charge is 0.323 e. The third kappa shape index (κ3) is 2.70. The number of amides is 1. The molecule has 1 amide bonds. The lowest BCUT2D eigenvalue weighted by atomic mass is 10.1. The first-order chi connectivity index (χ1) is 10.5. The number of anilines is 1. The SMILES string of the molecule is Cc1nc2c(NC(=O)Cc3cccc(F)c3)cccn2c1C. The van der Waals surface area contributed by atoms with Crippen LogP contribution in [0.2, 0.25) is 0 Å². The monoisotopic (exact) mass is 297 g/mol. The van der Waals surface area contributed by atoms with E-state index in [9.17, 15) is 9.18 Å². The second-order valence-corrected chi connectivity index (χ2v) is 5.25. The maximum atomic E-state index is 13.2. The Bertz CT molecular complexity index is 854. The van der Waals surface area contributed by atoms with Gasteiger partial charge >= 0.3 is 0 Å². The summed E-state index contributed by atoms with van der Waals surface area (Å²) in [5.41, 5.74) is 3.97. The van der Waals surface area contributed by atoms with Crippen molar-refractivity contribution in [2.75, 3.05) is 5.32 Å². The highest BCUT2D eigenvalue weighted by molar-refractivity contribution is 5.95. The summed E-state index contributed by atoms with van der Waals surface area (Å²) < 4.78 is 15.1. The van der Waals surface area contributed by atoms with Crippen molar-refractivity contribution in [3.8, 4) is 0 Å². The predicted octanol–water partition coefficient (Wildman–Crippen LogP) is 3.27. The molecule has 0 radical (unpaired) electrons. The van der Waals surface area contributed by atoms with Crippen LogP contribution >= 0.6 is 0 Å². The van der Waals surface area contributed by atoms with Crippen LogP contribution in [-0.4, -0.2) is 15.3 Å². The van der Waals surface area contributed by atoms with Crippen molar-refractivity contribution < 1.29 is 9.18 Å².